The Bertz CT molecular complexity index is 815. The minimum atomic E-state index is -0.180. The number of benzene rings is 2. The summed E-state index contributed by atoms with van der Waals surface area (Å²) in [6.45, 7) is 1.89. The number of ether oxygens (including phenoxy) is 1. The largest absolute Gasteiger partial charge is 0.484 e. The molecule has 0 aliphatic heterocycles. The van der Waals surface area contributed by atoms with Crippen LogP contribution in [0.1, 0.15) is 18.5 Å². The van der Waals surface area contributed by atoms with Crippen molar-refractivity contribution in [3.05, 3.63) is 77.8 Å². The Labute approximate surface area is 151 Å². The summed E-state index contributed by atoms with van der Waals surface area (Å²) in [6.07, 6.45) is 5.36. The fourth-order valence-electron chi connectivity index (χ4n) is 2.39. The predicted molar refractivity (Wildman–Crippen MR) is 97.1 cm³/mol. The second kappa shape index (κ2) is 7.85. The van der Waals surface area contributed by atoms with Gasteiger partial charge in [0.25, 0.3) is 5.91 Å². The first-order valence-corrected chi connectivity index (χ1v) is 8.25. The second-order valence-electron chi connectivity index (χ2n) is 5.59. The molecule has 3 aromatic rings. The lowest BCUT2D eigenvalue weighted by Crippen LogP contribution is -2.31. The molecule has 5 nitrogen and oxygen atoms in total. The average molecular weight is 356 g/mol. The van der Waals surface area contributed by atoms with Crippen molar-refractivity contribution in [1.82, 2.24) is 14.9 Å². The zero-order valence-corrected chi connectivity index (χ0v) is 14.5. The van der Waals surface area contributed by atoms with Crippen LogP contribution in [-0.4, -0.2) is 22.1 Å². The van der Waals surface area contributed by atoms with Crippen LogP contribution in [0.3, 0.4) is 0 Å². The molecule has 128 valence electrons. The summed E-state index contributed by atoms with van der Waals surface area (Å²) in [4.78, 5) is 16.1. The van der Waals surface area contributed by atoms with Crippen molar-refractivity contribution in [2.24, 2.45) is 0 Å². The summed E-state index contributed by atoms with van der Waals surface area (Å²) in [7, 11) is 0. The number of amides is 1. The standard InChI is InChI=1S/C19H18ClN3O2/c1-14(15-2-6-17(7-3-15)23-11-10-21-13-23)22-19(24)12-25-18-8-4-16(20)5-9-18/h2-11,13-14H,12H2,1H3,(H,22,24)/t14-/m0/s1. The van der Waals surface area contributed by atoms with E-state index >= 15 is 0 Å². The zero-order valence-electron chi connectivity index (χ0n) is 13.7. The van der Waals surface area contributed by atoms with Gasteiger partial charge in [0.05, 0.1) is 12.4 Å². The van der Waals surface area contributed by atoms with Gasteiger partial charge in [0.15, 0.2) is 6.61 Å². The van der Waals surface area contributed by atoms with Crippen molar-refractivity contribution >= 4 is 17.5 Å². The Kier molecular flexibility index (Phi) is 5.36. The summed E-state index contributed by atoms with van der Waals surface area (Å²) in [5, 5.41) is 3.55. The lowest BCUT2D eigenvalue weighted by molar-refractivity contribution is -0.123. The van der Waals surface area contributed by atoms with Crippen LogP contribution >= 0.6 is 11.6 Å². The normalized spacial score (nSPS) is 11.8. The molecule has 1 aromatic heterocycles. The minimum Gasteiger partial charge on any atom is -0.484 e. The van der Waals surface area contributed by atoms with Crippen LogP contribution in [0.2, 0.25) is 5.02 Å². The quantitative estimate of drug-likeness (QED) is 0.732. The molecule has 1 amide bonds. The molecule has 0 fully saturated rings. The van der Waals surface area contributed by atoms with Gasteiger partial charge in [-0.05, 0) is 48.9 Å². The highest BCUT2D eigenvalue weighted by molar-refractivity contribution is 6.30. The van der Waals surface area contributed by atoms with E-state index in [0.717, 1.165) is 11.3 Å². The Morgan fingerprint density at radius 2 is 1.92 bits per heavy atom. The van der Waals surface area contributed by atoms with Gasteiger partial charge in [-0.1, -0.05) is 23.7 Å². The Balaban J connectivity index is 1.53. The molecule has 6 heteroatoms. The maximum atomic E-state index is 12.0. The molecular weight excluding hydrogens is 338 g/mol. The summed E-state index contributed by atoms with van der Waals surface area (Å²) in [5.41, 5.74) is 2.04. The molecule has 0 aliphatic rings. The SMILES string of the molecule is C[C@H](NC(=O)COc1ccc(Cl)cc1)c1ccc(-n2ccnc2)cc1. The Hall–Kier alpha value is -2.79. The number of rotatable bonds is 6. The lowest BCUT2D eigenvalue weighted by Gasteiger charge is -2.15. The third-order valence-electron chi connectivity index (χ3n) is 3.76. The maximum Gasteiger partial charge on any atom is 0.258 e. The third kappa shape index (κ3) is 4.61. The number of carbonyl (C=O) groups is 1. The molecule has 0 spiro atoms. The maximum absolute atomic E-state index is 12.0. The van der Waals surface area contributed by atoms with Gasteiger partial charge in [-0.15, -0.1) is 0 Å². The highest BCUT2D eigenvalue weighted by Crippen LogP contribution is 2.17. The van der Waals surface area contributed by atoms with E-state index in [1.54, 1.807) is 36.8 Å². The van der Waals surface area contributed by atoms with Gasteiger partial charge in [-0.3, -0.25) is 4.79 Å². The number of halogens is 1. The molecule has 0 saturated heterocycles. The number of nitrogens with one attached hydrogen (secondary N) is 1. The van der Waals surface area contributed by atoms with Gasteiger partial charge in [0.2, 0.25) is 0 Å². The summed E-state index contributed by atoms with van der Waals surface area (Å²) < 4.78 is 7.37. The van der Waals surface area contributed by atoms with Crippen molar-refractivity contribution in [2.45, 2.75) is 13.0 Å². The first-order valence-electron chi connectivity index (χ1n) is 7.88. The van der Waals surface area contributed by atoms with Crippen LogP contribution in [0.15, 0.2) is 67.3 Å². The number of hydrogen-bond acceptors (Lipinski definition) is 3. The number of carbonyl (C=O) groups excluding carboxylic acids is 1. The molecule has 25 heavy (non-hydrogen) atoms. The van der Waals surface area contributed by atoms with Crippen molar-refractivity contribution in [1.29, 1.82) is 0 Å². The fraction of sp³-hybridized carbons (Fsp3) is 0.158. The Morgan fingerprint density at radius 3 is 2.56 bits per heavy atom. The Morgan fingerprint density at radius 1 is 1.20 bits per heavy atom. The highest BCUT2D eigenvalue weighted by Gasteiger charge is 2.10. The van der Waals surface area contributed by atoms with Crippen molar-refractivity contribution in [2.75, 3.05) is 6.61 Å². The van der Waals surface area contributed by atoms with Crippen molar-refractivity contribution in [3.8, 4) is 11.4 Å². The number of nitrogens with zero attached hydrogens (tertiary/aromatic N) is 2. The van der Waals surface area contributed by atoms with E-state index in [1.165, 1.54) is 0 Å². The van der Waals surface area contributed by atoms with E-state index < -0.39 is 0 Å². The minimum absolute atomic E-state index is 0.0426. The second-order valence-corrected chi connectivity index (χ2v) is 6.03. The molecule has 1 heterocycles. The van der Waals surface area contributed by atoms with Gasteiger partial charge in [-0.25, -0.2) is 4.98 Å². The topological polar surface area (TPSA) is 56.1 Å². The van der Waals surface area contributed by atoms with E-state index in [0.29, 0.717) is 10.8 Å². The average Bonchev–Trinajstić information content (AvgIpc) is 3.16. The molecule has 0 radical (unpaired) electrons. The number of hydrogen-bond donors (Lipinski definition) is 1. The van der Waals surface area contributed by atoms with Crippen LogP contribution in [0.4, 0.5) is 0 Å². The van der Waals surface area contributed by atoms with E-state index in [1.807, 2.05) is 42.0 Å². The molecule has 0 saturated carbocycles. The van der Waals surface area contributed by atoms with Crippen LogP contribution < -0.4 is 10.1 Å². The molecule has 3 rings (SSSR count). The number of aromatic nitrogens is 2. The highest BCUT2D eigenvalue weighted by atomic mass is 35.5. The van der Waals surface area contributed by atoms with Gasteiger partial charge < -0.3 is 14.6 Å². The van der Waals surface area contributed by atoms with Gasteiger partial charge in [0, 0.05) is 23.1 Å². The van der Waals surface area contributed by atoms with Crippen LogP contribution in [-0.2, 0) is 4.79 Å². The van der Waals surface area contributed by atoms with Crippen molar-refractivity contribution in [3.63, 3.8) is 0 Å². The van der Waals surface area contributed by atoms with Gasteiger partial charge in [0.1, 0.15) is 5.75 Å². The predicted octanol–water partition coefficient (Wildman–Crippen LogP) is 3.78. The summed E-state index contributed by atoms with van der Waals surface area (Å²) in [6, 6.07) is 14.7. The smallest absolute Gasteiger partial charge is 0.258 e. The van der Waals surface area contributed by atoms with Crippen LogP contribution in [0.5, 0.6) is 5.75 Å². The van der Waals surface area contributed by atoms with E-state index in [9.17, 15) is 4.79 Å². The molecule has 0 aliphatic carbocycles. The molecule has 0 bridgehead atoms. The molecule has 0 unspecified atom stereocenters. The molecule has 1 atom stereocenters. The van der Waals surface area contributed by atoms with Crippen molar-refractivity contribution < 1.29 is 9.53 Å². The van der Waals surface area contributed by atoms with Gasteiger partial charge >= 0.3 is 0 Å². The summed E-state index contributed by atoms with van der Waals surface area (Å²) >= 11 is 5.81. The van der Waals surface area contributed by atoms with Crippen LogP contribution in [0.25, 0.3) is 5.69 Å². The van der Waals surface area contributed by atoms with E-state index in [2.05, 4.69) is 10.3 Å². The van der Waals surface area contributed by atoms with Crippen LogP contribution in [0, 0.1) is 0 Å². The fourth-order valence-corrected chi connectivity index (χ4v) is 2.52. The molecule has 2 aromatic carbocycles. The first kappa shape index (κ1) is 17.0. The third-order valence-corrected chi connectivity index (χ3v) is 4.01. The van der Waals surface area contributed by atoms with E-state index in [4.69, 9.17) is 16.3 Å². The monoisotopic (exact) mass is 355 g/mol. The molecule has 1 N–H and O–H groups in total. The summed E-state index contributed by atoms with van der Waals surface area (Å²) in [5.74, 6) is 0.429. The lowest BCUT2D eigenvalue weighted by atomic mass is 10.1. The molecular formula is C19H18ClN3O2. The number of imidazole rings is 1. The zero-order chi connectivity index (χ0) is 17.6. The first-order chi connectivity index (χ1) is 12.1. The van der Waals surface area contributed by atoms with Gasteiger partial charge in [-0.2, -0.15) is 0 Å². The van der Waals surface area contributed by atoms with E-state index in [-0.39, 0.29) is 18.6 Å².